The quantitative estimate of drug-likeness (QED) is 0.112. The van der Waals surface area contributed by atoms with Crippen molar-refractivity contribution < 1.29 is 76.6 Å². The smallest absolute Gasteiger partial charge is 0.384 e. The van der Waals surface area contributed by atoms with Crippen molar-refractivity contribution >= 4 is 23.8 Å². The van der Waals surface area contributed by atoms with E-state index in [-0.39, 0.29) is 9.80 Å². The lowest BCUT2D eigenvalue weighted by atomic mass is 10.0. The lowest BCUT2D eigenvalue weighted by Gasteiger charge is -2.34. The molecule has 0 rings (SSSR count). The molecule has 0 bridgehead atoms. The average molecular weight is 620 g/mol. The van der Waals surface area contributed by atoms with Gasteiger partial charge in [-0.3, -0.25) is 9.59 Å². The molecule has 0 N–H and O–H groups in total. The van der Waals surface area contributed by atoms with Crippen LogP contribution in [0, 0.1) is 0 Å². The maximum Gasteiger partial charge on any atom is 0.411 e. The van der Waals surface area contributed by atoms with Crippen LogP contribution in [0.15, 0.2) is 50.6 Å². The third-order valence-corrected chi connectivity index (χ3v) is 4.79. The van der Waals surface area contributed by atoms with E-state index >= 15 is 0 Å². The first kappa shape index (κ1) is 37.2. The van der Waals surface area contributed by atoms with Crippen molar-refractivity contribution in [3.05, 3.63) is 50.6 Å². The van der Waals surface area contributed by atoms with E-state index in [0.717, 1.165) is 0 Å². The molecule has 0 fully saturated rings. The molecule has 41 heavy (non-hydrogen) atoms. The maximum atomic E-state index is 14.1. The van der Waals surface area contributed by atoms with Gasteiger partial charge in [0.2, 0.25) is 0 Å². The summed E-state index contributed by atoms with van der Waals surface area (Å²) in [5.41, 5.74) is 0. The molecule has 0 aliphatic carbocycles. The Balaban J connectivity index is 6.35. The Morgan fingerprint density at radius 1 is 0.488 bits per heavy atom. The number of ether oxygens (including phenoxy) is 1. The van der Waals surface area contributed by atoms with Crippen LogP contribution in [-0.4, -0.2) is 95.3 Å². The molecule has 0 aliphatic heterocycles. The summed E-state index contributed by atoms with van der Waals surface area (Å²) in [6, 6.07) is 0. The van der Waals surface area contributed by atoms with Crippen LogP contribution in [0.3, 0.4) is 0 Å². The fourth-order valence-electron chi connectivity index (χ4n) is 2.63. The third-order valence-electron chi connectivity index (χ3n) is 4.79. The van der Waals surface area contributed by atoms with Crippen molar-refractivity contribution in [1.29, 1.82) is 0 Å². The van der Waals surface area contributed by atoms with E-state index in [9.17, 15) is 71.9 Å². The number of hydrogen-bond acceptors (Lipinski definition) is 5. The standard InChI is InChI=1S/C22H20F12N2O5/c1-5-9-35(10-6-2)13(37)17(23,24)21(31,32)19(27,28)15(39)41-16(40)20(29,30)22(33,34)18(25,26)14(38)36(11-7-3)12-8-4/h5-8H,1-4,9-12H2. The van der Waals surface area contributed by atoms with Crippen LogP contribution in [0.25, 0.3) is 0 Å². The molecule has 0 heterocycles. The SMILES string of the molecule is C=CCN(CC=C)C(=O)C(F)(F)C(F)(F)C(F)(F)C(=O)OC(=O)C(F)(F)C(F)(F)C(F)(F)C(=O)N(CC=C)CC=C. The molecule has 7 nitrogen and oxygen atoms in total. The highest BCUT2D eigenvalue weighted by Gasteiger charge is 2.82. The van der Waals surface area contributed by atoms with Crippen LogP contribution in [0.2, 0.25) is 0 Å². The van der Waals surface area contributed by atoms with E-state index < -0.39 is 85.5 Å². The molecular formula is C22H20F12N2O5. The minimum absolute atomic E-state index is 0.240. The number of alkyl halides is 12. The Morgan fingerprint density at radius 2 is 0.707 bits per heavy atom. The summed E-state index contributed by atoms with van der Waals surface area (Å²) in [7, 11) is 0. The van der Waals surface area contributed by atoms with Gasteiger partial charge in [0.25, 0.3) is 11.8 Å². The summed E-state index contributed by atoms with van der Waals surface area (Å²) in [6.45, 7) is 8.01. The van der Waals surface area contributed by atoms with Crippen LogP contribution in [0.4, 0.5) is 52.7 Å². The molecule has 0 saturated heterocycles. The molecule has 2 amide bonds. The van der Waals surface area contributed by atoms with E-state index in [1.165, 1.54) is 0 Å². The van der Waals surface area contributed by atoms with Crippen molar-refractivity contribution in [3.8, 4) is 0 Å². The molecule has 0 aliphatic rings. The Kier molecular flexibility index (Phi) is 11.6. The highest BCUT2D eigenvalue weighted by molar-refractivity contribution is 5.96. The van der Waals surface area contributed by atoms with Gasteiger partial charge in [0, 0.05) is 26.2 Å². The predicted molar refractivity (Wildman–Crippen MR) is 115 cm³/mol. The minimum Gasteiger partial charge on any atom is -0.384 e. The lowest BCUT2D eigenvalue weighted by molar-refractivity contribution is -0.305. The number of hydrogen-bond donors (Lipinski definition) is 0. The van der Waals surface area contributed by atoms with Gasteiger partial charge in [-0.1, -0.05) is 24.3 Å². The molecule has 0 aromatic rings. The maximum absolute atomic E-state index is 14.1. The van der Waals surface area contributed by atoms with E-state index in [1.807, 2.05) is 0 Å². The molecular weight excluding hydrogens is 600 g/mol. The van der Waals surface area contributed by atoms with Crippen molar-refractivity contribution in [1.82, 2.24) is 9.80 Å². The second kappa shape index (κ2) is 12.8. The van der Waals surface area contributed by atoms with E-state index in [2.05, 4.69) is 31.1 Å². The monoisotopic (exact) mass is 620 g/mol. The number of carbonyl (C=O) groups excluding carboxylic acids is 4. The number of carbonyl (C=O) groups is 4. The zero-order valence-corrected chi connectivity index (χ0v) is 20.4. The Bertz CT molecular complexity index is 973. The number of nitrogens with zero attached hydrogens (tertiary/aromatic N) is 2. The lowest BCUT2D eigenvalue weighted by Crippen LogP contribution is -2.66. The summed E-state index contributed by atoms with van der Waals surface area (Å²) in [5.74, 6) is -56.6. The first-order valence-electron chi connectivity index (χ1n) is 10.5. The van der Waals surface area contributed by atoms with E-state index in [4.69, 9.17) is 0 Å². The predicted octanol–water partition coefficient (Wildman–Crippen LogP) is 4.27. The first-order chi connectivity index (χ1) is 18.4. The van der Waals surface area contributed by atoms with Crippen LogP contribution in [-0.2, 0) is 23.9 Å². The average Bonchev–Trinajstić information content (AvgIpc) is 2.86. The zero-order chi connectivity index (χ0) is 32.8. The molecule has 19 heteroatoms. The molecule has 0 saturated carbocycles. The van der Waals surface area contributed by atoms with Gasteiger partial charge in [-0.05, 0) is 0 Å². The molecule has 0 aromatic carbocycles. The van der Waals surface area contributed by atoms with Gasteiger partial charge in [0.1, 0.15) is 0 Å². The third kappa shape index (κ3) is 6.58. The molecule has 0 aromatic heterocycles. The zero-order valence-electron chi connectivity index (χ0n) is 20.4. The first-order valence-corrected chi connectivity index (χ1v) is 10.5. The van der Waals surface area contributed by atoms with Gasteiger partial charge in [0.05, 0.1) is 0 Å². The Labute approximate surface area is 223 Å². The second-order valence-electron chi connectivity index (χ2n) is 7.70. The second-order valence-corrected chi connectivity index (χ2v) is 7.70. The number of halogens is 12. The summed E-state index contributed by atoms with van der Waals surface area (Å²) in [4.78, 5) is 45.9. The van der Waals surface area contributed by atoms with Gasteiger partial charge in [0.15, 0.2) is 0 Å². The fourth-order valence-corrected chi connectivity index (χ4v) is 2.63. The summed E-state index contributed by atoms with van der Waals surface area (Å²) >= 11 is 0. The Morgan fingerprint density at radius 3 is 0.902 bits per heavy atom. The van der Waals surface area contributed by atoms with Crippen molar-refractivity contribution in [2.75, 3.05) is 26.2 Å². The normalized spacial score (nSPS) is 13.1. The van der Waals surface area contributed by atoms with Gasteiger partial charge in [-0.25, -0.2) is 9.59 Å². The van der Waals surface area contributed by atoms with Crippen molar-refractivity contribution in [3.63, 3.8) is 0 Å². The van der Waals surface area contributed by atoms with Gasteiger partial charge in [-0.15, -0.1) is 26.3 Å². The van der Waals surface area contributed by atoms with E-state index in [1.54, 1.807) is 0 Å². The topological polar surface area (TPSA) is 84.0 Å². The van der Waals surface area contributed by atoms with Gasteiger partial charge < -0.3 is 14.5 Å². The molecule has 0 atom stereocenters. The van der Waals surface area contributed by atoms with Crippen molar-refractivity contribution in [2.45, 2.75) is 35.5 Å². The largest absolute Gasteiger partial charge is 0.411 e. The number of esters is 2. The number of rotatable bonds is 16. The summed E-state index contributed by atoms with van der Waals surface area (Å²) in [5, 5.41) is 0. The minimum atomic E-state index is -7.19. The highest BCUT2D eigenvalue weighted by Crippen LogP contribution is 2.49. The number of amides is 2. The molecule has 232 valence electrons. The molecule has 0 radical (unpaired) electrons. The van der Waals surface area contributed by atoms with Crippen LogP contribution < -0.4 is 0 Å². The molecule has 0 spiro atoms. The summed E-state index contributed by atoms with van der Waals surface area (Å²) < 4.78 is 172. The van der Waals surface area contributed by atoms with Gasteiger partial charge in [-0.2, -0.15) is 52.7 Å². The van der Waals surface area contributed by atoms with Crippen LogP contribution >= 0.6 is 0 Å². The van der Waals surface area contributed by atoms with Gasteiger partial charge >= 0.3 is 47.5 Å². The van der Waals surface area contributed by atoms with E-state index in [0.29, 0.717) is 24.3 Å². The van der Waals surface area contributed by atoms with Crippen molar-refractivity contribution in [2.24, 2.45) is 0 Å². The van der Waals surface area contributed by atoms with Crippen LogP contribution in [0.1, 0.15) is 0 Å². The fraction of sp³-hybridized carbons (Fsp3) is 0.455. The Hall–Kier alpha value is -3.80. The summed E-state index contributed by atoms with van der Waals surface area (Å²) in [6.07, 6.45) is 2.66. The van der Waals surface area contributed by atoms with Crippen LogP contribution in [0.5, 0.6) is 0 Å². The molecule has 0 unspecified atom stereocenters. The highest BCUT2D eigenvalue weighted by atomic mass is 19.4.